The van der Waals surface area contributed by atoms with Crippen LogP contribution in [0.25, 0.3) is 0 Å². The van der Waals surface area contributed by atoms with Crippen LogP contribution in [0.3, 0.4) is 0 Å². The molecule has 0 bridgehead atoms. The van der Waals surface area contributed by atoms with Gasteiger partial charge in [-0.25, -0.2) is 4.79 Å². The molecular weight excluding hydrogens is 370 g/mol. The molecule has 1 aromatic carbocycles. The molecule has 0 aliphatic heterocycles. The van der Waals surface area contributed by atoms with E-state index in [1.807, 2.05) is 31.2 Å². The first-order chi connectivity index (χ1) is 13.0. The normalized spacial score (nSPS) is 10.7. The van der Waals surface area contributed by atoms with Gasteiger partial charge >= 0.3 is 5.69 Å². The predicted octanol–water partition coefficient (Wildman–Crippen LogP) is 1.20. The first-order valence-corrected chi connectivity index (χ1v) is 9.10. The Morgan fingerprint density at radius 2 is 2.07 bits per heavy atom. The number of carbonyl (C=O) groups is 1. The topological polar surface area (TPSA) is 123 Å². The van der Waals surface area contributed by atoms with E-state index in [1.54, 1.807) is 0 Å². The maximum Gasteiger partial charge on any atom is 0.328 e. The third kappa shape index (κ3) is 5.17. The number of aromatic nitrogens is 4. The van der Waals surface area contributed by atoms with Crippen LogP contribution < -0.4 is 16.6 Å². The molecule has 10 heteroatoms. The highest BCUT2D eigenvalue weighted by atomic mass is 32.2. The Bertz CT molecular complexity index is 1060. The lowest BCUT2D eigenvalue weighted by molar-refractivity contribution is -0.113. The molecule has 3 rings (SSSR count). The number of anilines is 1. The molecule has 0 spiro atoms. The zero-order valence-corrected chi connectivity index (χ0v) is 15.3. The van der Waals surface area contributed by atoms with Gasteiger partial charge in [0.15, 0.2) is 0 Å². The van der Waals surface area contributed by atoms with E-state index in [0.29, 0.717) is 12.3 Å². The number of aromatic amines is 1. The van der Waals surface area contributed by atoms with Gasteiger partial charge in [0.2, 0.25) is 11.8 Å². The van der Waals surface area contributed by atoms with Crippen LogP contribution >= 0.6 is 11.8 Å². The summed E-state index contributed by atoms with van der Waals surface area (Å²) in [5.41, 5.74) is 0.801. The lowest BCUT2D eigenvalue weighted by Crippen LogP contribution is -2.29. The van der Waals surface area contributed by atoms with Crippen LogP contribution in [0.15, 0.2) is 55.8 Å². The third-order valence-electron chi connectivity index (χ3n) is 3.66. The first kappa shape index (κ1) is 18.6. The summed E-state index contributed by atoms with van der Waals surface area (Å²) in [5.74, 6) is 0.304. The fraction of sp³-hybridized carbons (Fsp3) is 0.235. The first-order valence-electron chi connectivity index (χ1n) is 8.12. The molecule has 2 N–H and O–H groups in total. The molecule has 2 heterocycles. The minimum absolute atomic E-state index is 0.134. The SMILES string of the molecule is Cc1ccccc1NC(=O)CSc1nnc(CCn2ccc(=O)[nH]c2=O)o1. The molecule has 0 radical (unpaired) electrons. The Morgan fingerprint density at radius 3 is 2.85 bits per heavy atom. The van der Waals surface area contributed by atoms with Crippen molar-refractivity contribution in [2.45, 2.75) is 25.1 Å². The van der Waals surface area contributed by atoms with Crippen molar-refractivity contribution in [3.05, 3.63) is 68.8 Å². The number of thioether (sulfide) groups is 1. The molecule has 0 unspecified atom stereocenters. The van der Waals surface area contributed by atoms with E-state index in [4.69, 9.17) is 4.42 Å². The fourth-order valence-corrected chi connectivity index (χ4v) is 2.84. The second kappa shape index (κ2) is 8.49. The Balaban J connectivity index is 1.50. The number of nitrogens with one attached hydrogen (secondary N) is 2. The maximum atomic E-state index is 12.0. The van der Waals surface area contributed by atoms with Gasteiger partial charge in [-0.15, -0.1) is 10.2 Å². The molecule has 0 saturated heterocycles. The summed E-state index contributed by atoms with van der Waals surface area (Å²) >= 11 is 1.13. The quantitative estimate of drug-likeness (QED) is 0.584. The smallest absolute Gasteiger partial charge is 0.328 e. The number of aryl methyl sites for hydroxylation is 3. The molecular formula is C17H17N5O4S. The number of benzene rings is 1. The Hall–Kier alpha value is -3.14. The van der Waals surface area contributed by atoms with Gasteiger partial charge in [-0.1, -0.05) is 30.0 Å². The van der Waals surface area contributed by atoms with E-state index in [-0.39, 0.29) is 23.4 Å². The summed E-state index contributed by atoms with van der Waals surface area (Å²) in [6.07, 6.45) is 1.73. The Labute approximate surface area is 157 Å². The molecule has 0 aliphatic carbocycles. The zero-order valence-electron chi connectivity index (χ0n) is 14.5. The highest BCUT2D eigenvalue weighted by Crippen LogP contribution is 2.18. The van der Waals surface area contributed by atoms with Crippen molar-refractivity contribution in [2.75, 3.05) is 11.1 Å². The summed E-state index contributed by atoms with van der Waals surface area (Å²) in [7, 11) is 0. The van der Waals surface area contributed by atoms with E-state index < -0.39 is 11.2 Å². The summed E-state index contributed by atoms with van der Waals surface area (Å²) in [6, 6.07) is 8.78. The van der Waals surface area contributed by atoms with E-state index in [1.165, 1.54) is 16.8 Å². The maximum absolute atomic E-state index is 12.0. The van der Waals surface area contributed by atoms with E-state index in [0.717, 1.165) is 23.0 Å². The van der Waals surface area contributed by atoms with Gasteiger partial charge in [-0.05, 0) is 18.6 Å². The number of nitrogens with zero attached hydrogens (tertiary/aromatic N) is 3. The monoisotopic (exact) mass is 387 g/mol. The number of amides is 1. The number of para-hydroxylation sites is 1. The largest absolute Gasteiger partial charge is 0.416 e. The van der Waals surface area contributed by atoms with E-state index in [9.17, 15) is 14.4 Å². The second-order valence-electron chi connectivity index (χ2n) is 5.67. The highest BCUT2D eigenvalue weighted by Gasteiger charge is 2.11. The van der Waals surface area contributed by atoms with E-state index >= 15 is 0 Å². The van der Waals surface area contributed by atoms with Crippen LogP contribution in [0, 0.1) is 6.92 Å². The molecule has 3 aromatic rings. The number of carbonyl (C=O) groups excluding carboxylic acids is 1. The number of rotatable bonds is 7. The minimum Gasteiger partial charge on any atom is -0.416 e. The standard InChI is InChI=1S/C17H17N5O4S/c1-11-4-2-3-5-12(11)18-14(24)10-27-17-21-20-15(26-17)7-9-22-8-6-13(23)19-16(22)25/h2-6,8H,7,9-10H2,1H3,(H,18,24)(H,19,23,25). The molecule has 140 valence electrons. The van der Waals surface area contributed by atoms with Gasteiger partial charge < -0.3 is 14.3 Å². The number of hydrogen-bond acceptors (Lipinski definition) is 7. The zero-order chi connectivity index (χ0) is 19.2. The summed E-state index contributed by atoms with van der Waals surface area (Å²) < 4.78 is 6.81. The summed E-state index contributed by atoms with van der Waals surface area (Å²) in [6.45, 7) is 2.20. The van der Waals surface area contributed by atoms with E-state index in [2.05, 4.69) is 20.5 Å². The second-order valence-corrected chi connectivity index (χ2v) is 6.59. The summed E-state index contributed by atoms with van der Waals surface area (Å²) in [5, 5.41) is 10.9. The molecule has 1 amide bonds. The van der Waals surface area contributed by atoms with Crippen molar-refractivity contribution < 1.29 is 9.21 Å². The minimum atomic E-state index is -0.496. The lowest BCUT2D eigenvalue weighted by Gasteiger charge is -2.06. The Morgan fingerprint density at radius 1 is 1.26 bits per heavy atom. The lowest BCUT2D eigenvalue weighted by atomic mass is 10.2. The van der Waals surface area contributed by atoms with Crippen LogP contribution in [0.5, 0.6) is 0 Å². The average Bonchev–Trinajstić information content (AvgIpc) is 3.09. The van der Waals surface area contributed by atoms with Crippen molar-refractivity contribution in [1.82, 2.24) is 19.7 Å². The van der Waals surface area contributed by atoms with Crippen molar-refractivity contribution in [3.63, 3.8) is 0 Å². The van der Waals surface area contributed by atoms with Gasteiger partial charge in [0.25, 0.3) is 10.8 Å². The van der Waals surface area contributed by atoms with Gasteiger partial charge in [-0.2, -0.15) is 0 Å². The van der Waals surface area contributed by atoms with Crippen molar-refractivity contribution in [1.29, 1.82) is 0 Å². The van der Waals surface area contributed by atoms with Crippen molar-refractivity contribution in [3.8, 4) is 0 Å². The van der Waals surface area contributed by atoms with Crippen molar-refractivity contribution in [2.24, 2.45) is 0 Å². The third-order valence-corrected chi connectivity index (χ3v) is 4.48. The molecule has 0 atom stereocenters. The van der Waals surface area contributed by atoms with Crippen LogP contribution in [-0.4, -0.2) is 31.4 Å². The molecule has 0 saturated carbocycles. The Kier molecular flexibility index (Phi) is 5.87. The van der Waals surface area contributed by atoms with Crippen LogP contribution in [0.2, 0.25) is 0 Å². The van der Waals surface area contributed by atoms with Crippen LogP contribution in [0.4, 0.5) is 5.69 Å². The number of H-pyrrole nitrogens is 1. The van der Waals surface area contributed by atoms with Gasteiger partial charge in [0.1, 0.15) is 0 Å². The molecule has 2 aromatic heterocycles. The molecule has 27 heavy (non-hydrogen) atoms. The van der Waals surface area contributed by atoms with Crippen LogP contribution in [-0.2, 0) is 17.8 Å². The average molecular weight is 387 g/mol. The fourth-order valence-electron chi connectivity index (χ4n) is 2.26. The highest BCUT2D eigenvalue weighted by molar-refractivity contribution is 7.99. The van der Waals surface area contributed by atoms with Gasteiger partial charge in [0, 0.05) is 30.9 Å². The number of hydrogen-bond donors (Lipinski definition) is 2. The predicted molar refractivity (Wildman–Crippen MR) is 99.9 cm³/mol. The molecule has 9 nitrogen and oxygen atoms in total. The molecule has 0 fully saturated rings. The summed E-state index contributed by atoms with van der Waals surface area (Å²) in [4.78, 5) is 36.9. The van der Waals surface area contributed by atoms with Crippen LogP contribution in [0.1, 0.15) is 11.5 Å². The van der Waals surface area contributed by atoms with Gasteiger partial charge in [0.05, 0.1) is 5.75 Å². The molecule has 0 aliphatic rings. The van der Waals surface area contributed by atoms with Crippen molar-refractivity contribution >= 4 is 23.4 Å². The van der Waals surface area contributed by atoms with Gasteiger partial charge in [-0.3, -0.25) is 14.6 Å².